The highest BCUT2D eigenvalue weighted by Gasteiger charge is 2.17. The number of hydrogen-bond donors (Lipinski definition) is 1. The molecule has 2 aromatic rings. The van der Waals surface area contributed by atoms with Crippen molar-refractivity contribution >= 4 is 5.97 Å². The minimum Gasteiger partial charge on any atom is -0.477 e. The second-order valence-electron chi connectivity index (χ2n) is 6.66. The van der Waals surface area contributed by atoms with E-state index in [0.717, 1.165) is 16.8 Å². The first-order valence-corrected chi connectivity index (χ1v) is 7.19. The van der Waals surface area contributed by atoms with Crippen molar-refractivity contribution in [3.8, 4) is 0 Å². The number of nitrogens with zero attached hydrogens (tertiary/aromatic N) is 1. The Hall–Kier alpha value is -2.03. The molecule has 0 aliphatic rings. The van der Waals surface area contributed by atoms with Crippen molar-refractivity contribution in [2.75, 3.05) is 0 Å². The van der Waals surface area contributed by atoms with Gasteiger partial charge >= 0.3 is 5.97 Å². The molecule has 1 aromatic carbocycles. The van der Waals surface area contributed by atoms with Crippen LogP contribution < -0.4 is 0 Å². The zero-order valence-electron chi connectivity index (χ0n) is 13.4. The number of carbonyl (C=O) groups is 1. The zero-order valence-corrected chi connectivity index (χ0v) is 13.4. The Morgan fingerprint density at radius 3 is 2.19 bits per heavy atom. The van der Waals surface area contributed by atoms with Crippen molar-refractivity contribution in [3.05, 3.63) is 58.4 Å². The molecule has 112 valence electrons. The Balaban J connectivity index is 2.33. The molecule has 21 heavy (non-hydrogen) atoms. The van der Waals surface area contributed by atoms with Gasteiger partial charge in [0.25, 0.3) is 0 Å². The van der Waals surface area contributed by atoms with Crippen LogP contribution in [0.25, 0.3) is 0 Å². The molecule has 0 spiro atoms. The van der Waals surface area contributed by atoms with Crippen LogP contribution in [0.3, 0.4) is 0 Å². The van der Waals surface area contributed by atoms with Crippen molar-refractivity contribution in [2.24, 2.45) is 0 Å². The van der Waals surface area contributed by atoms with Crippen LogP contribution in [-0.4, -0.2) is 15.6 Å². The van der Waals surface area contributed by atoms with E-state index in [4.69, 9.17) is 0 Å². The second kappa shape index (κ2) is 5.40. The number of rotatable bonds is 3. The van der Waals surface area contributed by atoms with Gasteiger partial charge < -0.3 is 9.67 Å². The van der Waals surface area contributed by atoms with Gasteiger partial charge in [-0.3, -0.25) is 0 Å². The van der Waals surface area contributed by atoms with Gasteiger partial charge in [-0.2, -0.15) is 0 Å². The summed E-state index contributed by atoms with van der Waals surface area (Å²) in [6.07, 6.45) is 0. The molecule has 0 saturated carbocycles. The summed E-state index contributed by atoms with van der Waals surface area (Å²) < 4.78 is 1.86. The maximum Gasteiger partial charge on any atom is 0.352 e. The van der Waals surface area contributed by atoms with Gasteiger partial charge in [-0.25, -0.2) is 4.79 Å². The van der Waals surface area contributed by atoms with Crippen LogP contribution in [0.15, 0.2) is 30.3 Å². The summed E-state index contributed by atoms with van der Waals surface area (Å²) in [6, 6.07) is 10.3. The molecule has 1 aromatic heterocycles. The lowest BCUT2D eigenvalue weighted by atomic mass is 9.87. The van der Waals surface area contributed by atoms with Crippen LogP contribution in [-0.2, 0) is 12.0 Å². The number of carboxylic acid groups (broad SMARTS) is 1. The van der Waals surface area contributed by atoms with E-state index in [1.165, 1.54) is 5.56 Å². The molecule has 0 unspecified atom stereocenters. The molecule has 1 N–H and O–H groups in total. The molecule has 3 nitrogen and oxygen atoms in total. The SMILES string of the molecule is Cc1cc(C)n(Cc2ccc(C(C)(C)C)cc2)c1C(=O)O. The minimum absolute atomic E-state index is 0.130. The molecule has 0 atom stereocenters. The van der Waals surface area contributed by atoms with Gasteiger partial charge in [0.2, 0.25) is 0 Å². The quantitative estimate of drug-likeness (QED) is 0.920. The normalized spacial score (nSPS) is 11.7. The van der Waals surface area contributed by atoms with Crippen molar-refractivity contribution < 1.29 is 9.90 Å². The first kappa shape index (κ1) is 15.4. The molecule has 0 amide bonds. The predicted molar refractivity (Wildman–Crippen MR) is 85.1 cm³/mol. The van der Waals surface area contributed by atoms with Crippen molar-refractivity contribution in [1.29, 1.82) is 0 Å². The number of benzene rings is 1. The largest absolute Gasteiger partial charge is 0.477 e. The molecule has 0 fully saturated rings. The fraction of sp³-hybridized carbons (Fsp3) is 0.389. The van der Waals surface area contributed by atoms with Gasteiger partial charge in [0.1, 0.15) is 5.69 Å². The average Bonchev–Trinajstić information content (AvgIpc) is 2.63. The maximum atomic E-state index is 11.4. The number of hydrogen-bond acceptors (Lipinski definition) is 1. The molecule has 0 bridgehead atoms. The summed E-state index contributed by atoms with van der Waals surface area (Å²) in [5.74, 6) is -0.869. The van der Waals surface area contributed by atoms with Crippen LogP contribution >= 0.6 is 0 Å². The summed E-state index contributed by atoms with van der Waals surface area (Å²) in [5, 5.41) is 9.37. The molecule has 0 aliphatic carbocycles. The van der Waals surface area contributed by atoms with E-state index in [1.54, 1.807) is 0 Å². The molecule has 2 rings (SSSR count). The van der Waals surface area contributed by atoms with E-state index < -0.39 is 5.97 Å². The molecular formula is C18H23NO2. The van der Waals surface area contributed by atoms with Gasteiger partial charge in [0.15, 0.2) is 0 Å². The minimum atomic E-state index is -0.869. The monoisotopic (exact) mass is 285 g/mol. The van der Waals surface area contributed by atoms with Crippen molar-refractivity contribution in [3.63, 3.8) is 0 Å². The van der Waals surface area contributed by atoms with Gasteiger partial charge in [-0.05, 0) is 42.0 Å². The summed E-state index contributed by atoms with van der Waals surface area (Å²) in [4.78, 5) is 11.4. The summed E-state index contributed by atoms with van der Waals surface area (Å²) >= 11 is 0. The third-order valence-electron chi connectivity index (χ3n) is 3.86. The van der Waals surface area contributed by atoms with Gasteiger partial charge in [0, 0.05) is 12.2 Å². The van der Waals surface area contributed by atoms with Crippen LogP contribution in [0.2, 0.25) is 0 Å². The predicted octanol–water partition coefficient (Wildman–Crippen LogP) is 4.15. The maximum absolute atomic E-state index is 11.4. The van der Waals surface area contributed by atoms with E-state index >= 15 is 0 Å². The second-order valence-corrected chi connectivity index (χ2v) is 6.66. The van der Waals surface area contributed by atoms with E-state index in [2.05, 4.69) is 45.0 Å². The molecule has 0 saturated heterocycles. The highest BCUT2D eigenvalue weighted by Crippen LogP contribution is 2.23. The van der Waals surface area contributed by atoms with Gasteiger partial charge in [-0.1, -0.05) is 45.0 Å². The first-order valence-electron chi connectivity index (χ1n) is 7.19. The number of aromatic nitrogens is 1. The summed E-state index contributed by atoms with van der Waals surface area (Å²) in [5.41, 5.74) is 4.70. The highest BCUT2D eigenvalue weighted by atomic mass is 16.4. The van der Waals surface area contributed by atoms with Crippen molar-refractivity contribution in [1.82, 2.24) is 4.57 Å². The van der Waals surface area contributed by atoms with Crippen LogP contribution in [0.4, 0.5) is 0 Å². The fourth-order valence-corrected chi connectivity index (χ4v) is 2.63. The van der Waals surface area contributed by atoms with Crippen molar-refractivity contribution in [2.45, 2.75) is 46.6 Å². The molecule has 1 heterocycles. The Morgan fingerprint density at radius 1 is 1.14 bits per heavy atom. The van der Waals surface area contributed by atoms with E-state index in [0.29, 0.717) is 12.2 Å². The Kier molecular flexibility index (Phi) is 3.95. The molecular weight excluding hydrogens is 262 g/mol. The molecule has 3 heteroatoms. The highest BCUT2D eigenvalue weighted by molar-refractivity contribution is 5.88. The van der Waals surface area contributed by atoms with Crippen LogP contribution in [0.5, 0.6) is 0 Å². The lowest BCUT2D eigenvalue weighted by Crippen LogP contribution is -2.13. The topological polar surface area (TPSA) is 42.2 Å². The van der Waals surface area contributed by atoms with Gasteiger partial charge in [0.05, 0.1) is 0 Å². The molecule has 0 radical (unpaired) electrons. The molecule has 0 aliphatic heterocycles. The third kappa shape index (κ3) is 3.18. The van der Waals surface area contributed by atoms with Crippen LogP contribution in [0.1, 0.15) is 53.6 Å². The number of aromatic carboxylic acids is 1. The lowest BCUT2D eigenvalue weighted by molar-refractivity contribution is 0.0684. The lowest BCUT2D eigenvalue weighted by Gasteiger charge is -2.19. The Morgan fingerprint density at radius 2 is 1.71 bits per heavy atom. The van der Waals surface area contributed by atoms with E-state index in [9.17, 15) is 9.90 Å². The fourth-order valence-electron chi connectivity index (χ4n) is 2.63. The average molecular weight is 285 g/mol. The summed E-state index contributed by atoms with van der Waals surface area (Å²) in [6.45, 7) is 10.9. The van der Waals surface area contributed by atoms with Gasteiger partial charge in [-0.15, -0.1) is 0 Å². The smallest absolute Gasteiger partial charge is 0.352 e. The Labute approximate surface area is 126 Å². The number of carboxylic acids is 1. The van der Waals surface area contributed by atoms with Crippen LogP contribution in [0, 0.1) is 13.8 Å². The van der Waals surface area contributed by atoms with E-state index in [1.807, 2.05) is 24.5 Å². The first-order chi connectivity index (χ1) is 9.70. The number of aryl methyl sites for hydroxylation is 2. The van der Waals surface area contributed by atoms with E-state index in [-0.39, 0.29) is 5.41 Å². The standard InChI is InChI=1S/C18H23NO2/c1-12-10-13(2)19(16(12)17(20)21)11-14-6-8-15(9-7-14)18(3,4)5/h6-10H,11H2,1-5H3,(H,20,21). The Bertz CT molecular complexity index is 658. The third-order valence-corrected chi connectivity index (χ3v) is 3.86. The summed E-state index contributed by atoms with van der Waals surface area (Å²) in [7, 11) is 0. The zero-order chi connectivity index (χ0) is 15.8.